The van der Waals surface area contributed by atoms with Crippen LogP contribution in [0.5, 0.6) is 0 Å². The van der Waals surface area contributed by atoms with Crippen molar-refractivity contribution in [3.63, 3.8) is 0 Å². The average molecular weight is 270 g/mol. The summed E-state index contributed by atoms with van der Waals surface area (Å²) in [7, 11) is 0. The molecule has 20 heavy (non-hydrogen) atoms. The predicted octanol–water partition coefficient (Wildman–Crippen LogP) is 1.74. The fourth-order valence-corrected chi connectivity index (χ4v) is 2.87. The summed E-state index contributed by atoms with van der Waals surface area (Å²) in [4.78, 5) is 26.4. The number of hydrogen-bond acceptors (Lipinski definition) is 3. The first-order valence-corrected chi connectivity index (χ1v) is 7.11. The van der Waals surface area contributed by atoms with Crippen molar-refractivity contribution in [3.05, 3.63) is 47.7 Å². The zero-order chi connectivity index (χ0) is 13.9. The van der Waals surface area contributed by atoms with Crippen LogP contribution >= 0.6 is 0 Å². The maximum absolute atomic E-state index is 12.4. The Hall–Kier alpha value is -2.10. The number of amides is 1. The number of rotatable bonds is 2. The first-order valence-electron chi connectivity index (χ1n) is 7.11. The lowest BCUT2D eigenvalue weighted by atomic mass is 9.98. The van der Waals surface area contributed by atoms with Crippen LogP contribution in [0.25, 0.3) is 0 Å². The van der Waals surface area contributed by atoms with E-state index in [1.54, 1.807) is 12.1 Å². The van der Waals surface area contributed by atoms with Crippen molar-refractivity contribution in [2.45, 2.75) is 25.3 Å². The summed E-state index contributed by atoms with van der Waals surface area (Å²) in [5, 5.41) is 3.12. The molecule has 2 aliphatic heterocycles. The van der Waals surface area contributed by atoms with E-state index >= 15 is 0 Å². The van der Waals surface area contributed by atoms with E-state index < -0.39 is 0 Å². The van der Waals surface area contributed by atoms with Crippen LogP contribution in [0.15, 0.2) is 42.1 Å². The molecule has 2 aliphatic rings. The molecule has 4 heteroatoms. The van der Waals surface area contributed by atoms with Crippen LogP contribution in [0, 0.1) is 0 Å². The molecule has 0 radical (unpaired) electrons. The molecule has 2 saturated heterocycles. The molecule has 2 heterocycles. The van der Waals surface area contributed by atoms with Crippen LogP contribution < -0.4 is 5.32 Å². The number of allylic oxidation sites excluding steroid dienone is 1. The van der Waals surface area contributed by atoms with E-state index in [2.05, 4.69) is 5.32 Å². The Morgan fingerprint density at radius 1 is 1.25 bits per heavy atom. The Morgan fingerprint density at radius 2 is 2.05 bits per heavy atom. The summed E-state index contributed by atoms with van der Waals surface area (Å²) >= 11 is 0. The Labute approximate surface area is 118 Å². The summed E-state index contributed by atoms with van der Waals surface area (Å²) < 4.78 is 0. The Kier molecular flexibility index (Phi) is 3.54. The van der Waals surface area contributed by atoms with E-state index in [0.29, 0.717) is 17.3 Å². The van der Waals surface area contributed by atoms with Crippen LogP contribution in [0.2, 0.25) is 0 Å². The molecule has 0 aliphatic carbocycles. The van der Waals surface area contributed by atoms with Crippen molar-refractivity contribution < 1.29 is 9.59 Å². The van der Waals surface area contributed by atoms with E-state index in [1.165, 1.54) is 12.5 Å². The van der Waals surface area contributed by atoms with E-state index in [0.717, 1.165) is 25.9 Å². The lowest BCUT2D eigenvalue weighted by Crippen LogP contribution is -2.55. The molecule has 1 atom stereocenters. The number of carbonyl (C=O) groups is 2. The van der Waals surface area contributed by atoms with Crippen molar-refractivity contribution >= 4 is 11.7 Å². The highest BCUT2D eigenvalue weighted by atomic mass is 16.2. The monoisotopic (exact) mass is 270 g/mol. The molecule has 1 N–H and O–H groups in total. The maximum Gasteiger partial charge on any atom is 0.270 e. The van der Waals surface area contributed by atoms with Crippen molar-refractivity contribution in [2.75, 3.05) is 13.1 Å². The van der Waals surface area contributed by atoms with Crippen LogP contribution in [0.1, 0.15) is 29.6 Å². The number of piperidine rings is 1. The molecular weight excluding hydrogens is 252 g/mol. The minimum atomic E-state index is -0.128. The van der Waals surface area contributed by atoms with Gasteiger partial charge in [0.15, 0.2) is 5.78 Å². The molecule has 1 aromatic rings. The third-order valence-corrected chi connectivity index (χ3v) is 3.98. The lowest BCUT2D eigenvalue weighted by Gasteiger charge is -2.40. The van der Waals surface area contributed by atoms with Gasteiger partial charge in [-0.05, 0) is 19.3 Å². The lowest BCUT2D eigenvalue weighted by molar-refractivity contribution is -0.132. The van der Waals surface area contributed by atoms with Gasteiger partial charge in [0, 0.05) is 30.8 Å². The molecule has 1 unspecified atom stereocenters. The second kappa shape index (κ2) is 5.49. The van der Waals surface area contributed by atoms with Gasteiger partial charge in [0.05, 0.1) is 0 Å². The van der Waals surface area contributed by atoms with E-state index in [9.17, 15) is 9.59 Å². The first kappa shape index (κ1) is 12.9. The third kappa shape index (κ3) is 2.46. The highest BCUT2D eigenvalue weighted by Gasteiger charge is 2.33. The van der Waals surface area contributed by atoms with E-state index in [1.807, 2.05) is 23.1 Å². The highest BCUT2D eigenvalue weighted by Crippen LogP contribution is 2.21. The van der Waals surface area contributed by atoms with Crippen LogP contribution in [0.4, 0.5) is 0 Å². The fourth-order valence-electron chi connectivity index (χ4n) is 2.87. The van der Waals surface area contributed by atoms with Crippen LogP contribution in [0.3, 0.4) is 0 Å². The zero-order valence-electron chi connectivity index (χ0n) is 11.3. The first-order chi connectivity index (χ1) is 9.75. The van der Waals surface area contributed by atoms with Gasteiger partial charge in [-0.3, -0.25) is 9.59 Å². The second-order valence-corrected chi connectivity index (χ2v) is 5.32. The van der Waals surface area contributed by atoms with Gasteiger partial charge in [-0.1, -0.05) is 30.3 Å². The number of nitrogens with zero attached hydrogens (tertiary/aromatic N) is 1. The average Bonchev–Trinajstić information content (AvgIpc) is 2.51. The maximum atomic E-state index is 12.4. The topological polar surface area (TPSA) is 49.4 Å². The number of carbonyl (C=O) groups excluding carboxylic acids is 2. The van der Waals surface area contributed by atoms with E-state index in [4.69, 9.17) is 0 Å². The molecular formula is C16H18N2O2. The van der Waals surface area contributed by atoms with Gasteiger partial charge >= 0.3 is 0 Å². The Bertz CT molecular complexity index is 551. The predicted molar refractivity (Wildman–Crippen MR) is 76.2 cm³/mol. The van der Waals surface area contributed by atoms with Crippen LogP contribution in [-0.4, -0.2) is 35.7 Å². The molecule has 1 aromatic carbocycles. The molecule has 0 bridgehead atoms. The Balaban J connectivity index is 1.78. The van der Waals surface area contributed by atoms with E-state index in [-0.39, 0.29) is 11.7 Å². The molecule has 0 saturated carbocycles. The molecule has 4 nitrogen and oxygen atoms in total. The van der Waals surface area contributed by atoms with Gasteiger partial charge < -0.3 is 10.2 Å². The molecule has 3 rings (SSSR count). The molecule has 1 amide bonds. The summed E-state index contributed by atoms with van der Waals surface area (Å²) in [6.07, 6.45) is 4.72. The normalized spacial score (nSPS) is 24.2. The summed E-state index contributed by atoms with van der Waals surface area (Å²) in [5.41, 5.74) is 1.03. The fraction of sp³-hybridized carbons (Fsp3) is 0.375. The number of piperazine rings is 1. The van der Waals surface area contributed by atoms with Gasteiger partial charge in [-0.2, -0.15) is 0 Å². The number of hydrogen-bond donors (Lipinski definition) is 1. The smallest absolute Gasteiger partial charge is 0.270 e. The second-order valence-electron chi connectivity index (χ2n) is 5.32. The van der Waals surface area contributed by atoms with Crippen LogP contribution in [-0.2, 0) is 4.79 Å². The van der Waals surface area contributed by atoms with Crippen molar-refractivity contribution in [1.29, 1.82) is 0 Å². The number of fused-ring (bicyclic) bond motifs is 1. The van der Waals surface area contributed by atoms with Crippen molar-refractivity contribution in [2.24, 2.45) is 0 Å². The molecule has 2 fully saturated rings. The summed E-state index contributed by atoms with van der Waals surface area (Å²) in [6, 6.07) is 9.32. The third-order valence-electron chi connectivity index (χ3n) is 3.98. The van der Waals surface area contributed by atoms with Gasteiger partial charge in [-0.25, -0.2) is 0 Å². The molecule has 0 spiro atoms. The minimum absolute atomic E-state index is 0.0368. The van der Waals surface area contributed by atoms with Gasteiger partial charge in [0.1, 0.15) is 5.70 Å². The summed E-state index contributed by atoms with van der Waals surface area (Å²) in [5.74, 6) is -0.165. The Morgan fingerprint density at radius 3 is 2.85 bits per heavy atom. The van der Waals surface area contributed by atoms with Crippen molar-refractivity contribution in [3.8, 4) is 0 Å². The summed E-state index contributed by atoms with van der Waals surface area (Å²) in [6.45, 7) is 1.56. The standard InChI is InChI=1S/C16H18N2O2/c19-15(12-6-2-1-3-7-12)10-14-16(20)18-9-5-4-8-13(18)11-17-14/h1-3,6-7,10,13,17H,4-5,8-9,11H2. The largest absolute Gasteiger partial charge is 0.378 e. The van der Waals surface area contributed by atoms with Crippen molar-refractivity contribution in [1.82, 2.24) is 10.2 Å². The molecule has 104 valence electrons. The SMILES string of the molecule is O=C(C=C1NCC2CCCCN2C1=O)c1ccccc1. The minimum Gasteiger partial charge on any atom is -0.378 e. The van der Waals surface area contributed by atoms with Gasteiger partial charge in [0.25, 0.3) is 5.91 Å². The number of benzene rings is 1. The van der Waals surface area contributed by atoms with Gasteiger partial charge in [0.2, 0.25) is 0 Å². The molecule has 0 aromatic heterocycles. The number of nitrogens with one attached hydrogen (secondary N) is 1. The number of ketones is 1. The van der Waals surface area contributed by atoms with Gasteiger partial charge in [-0.15, -0.1) is 0 Å². The zero-order valence-corrected chi connectivity index (χ0v) is 11.3. The quantitative estimate of drug-likeness (QED) is 0.658. The highest BCUT2D eigenvalue weighted by molar-refractivity contribution is 6.09.